The van der Waals surface area contributed by atoms with Crippen LogP contribution in [0.2, 0.25) is 0 Å². The van der Waals surface area contributed by atoms with Gasteiger partial charge in [0.05, 0.1) is 47.3 Å². The van der Waals surface area contributed by atoms with E-state index in [4.69, 9.17) is 42.6 Å². The van der Waals surface area contributed by atoms with E-state index in [9.17, 15) is 4.79 Å². The van der Waals surface area contributed by atoms with Gasteiger partial charge in [-0.15, -0.1) is 0 Å². The summed E-state index contributed by atoms with van der Waals surface area (Å²) in [5.74, 6) is 3.51. The highest BCUT2D eigenvalue weighted by atomic mass is 16.6. The fourth-order valence-corrected chi connectivity index (χ4v) is 5.45. The lowest BCUT2D eigenvalue weighted by Crippen LogP contribution is -2.32. The molecular formula is C40H56O10. The van der Waals surface area contributed by atoms with Crippen molar-refractivity contribution in [2.24, 2.45) is 0 Å². The minimum absolute atomic E-state index is 0.0638. The molecule has 5 rings (SSSR count). The van der Waals surface area contributed by atoms with Gasteiger partial charge in [-0.05, 0) is 85.3 Å². The van der Waals surface area contributed by atoms with Crippen molar-refractivity contribution < 1.29 is 47.4 Å². The Kier molecular flexibility index (Phi) is 17.0. The smallest absolute Gasteiger partial charge is 0.159 e. The number of ketones is 1. The van der Waals surface area contributed by atoms with E-state index < -0.39 is 0 Å². The molecule has 0 spiro atoms. The average molecular weight is 697 g/mol. The number of Topliss-reactive ketones (excluding diaryl/α,β-unsaturated/α-hetero) is 1. The number of carbonyl (C=O) groups is 1. The number of benzene rings is 3. The molecule has 0 unspecified atom stereocenters. The van der Waals surface area contributed by atoms with Crippen molar-refractivity contribution in [1.29, 1.82) is 0 Å². The molecule has 50 heavy (non-hydrogen) atoms. The Bertz CT molecular complexity index is 1380. The van der Waals surface area contributed by atoms with Crippen molar-refractivity contribution >= 4 is 5.78 Å². The maximum absolute atomic E-state index is 11.2. The van der Waals surface area contributed by atoms with Crippen molar-refractivity contribution in [3.8, 4) is 23.0 Å². The largest absolute Gasteiger partial charge is 0.497 e. The van der Waals surface area contributed by atoms with Gasteiger partial charge < -0.3 is 42.6 Å². The second kappa shape index (κ2) is 20.9. The van der Waals surface area contributed by atoms with Gasteiger partial charge in [0.25, 0.3) is 0 Å². The van der Waals surface area contributed by atoms with Crippen molar-refractivity contribution in [1.82, 2.24) is 0 Å². The molecule has 10 heteroatoms. The van der Waals surface area contributed by atoms with Crippen LogP contribution in [0.5, 0.6) is 23.0 Å². The van der Waals surface area contributed by atoms with E-state index >= 15 is 0 Å². The lowest BCUT2D eigenvalue weighted by atomic mass is 9.86. The average Bonchev–Trinajstić information content (AvgIpc) is 3.73. The Morgan fingerprint density at radius 3 is 1.62 bits per heavy atom. The summed E-state index contributed by atoms with van der Waals surface area (Å²) < 4.78 is 48.4. The third-order valence-corrected chi connectivity index (χ3v) is 8.35. The van der Waals surface area contributed by atoms with Crippen LogP contribution in [-0.2, 0) is 35.7 Å². The first-order chi connectivity index (χ1) is 24.0. The number of hydrogen-bond donors (Lipinski definition) is 0. The van der Waals surface area contributed by atoms with Crippen LogP contribution in [0.1, 0.15) is 62.0 Å². The molecule has 2 fully saturated rings. The molecule has 2 aliphatic rings. The van der Waals surface area contributed by atoms with Crippen LogP contribution in [0.25, 0.3) is 0 Å². The molecule has 3 aromatic rings. The number of unbranched alkanes of at least 4 members (excludes halogenated alkanes) is 1. The normalized spacial score (nSPS) is 19.3. The molecule has 10 nitrogen and oxygen atoms in total. The minimum Gasteiger partial charge on any atom is -0.497 e. The maximum Gasteiger partial charge on any atom is 0.159 e. The van der Waals surface area contributed by atoms with E-state index in [0.717, 1.165) is 41.4 Å². The molecule has 2 heterocycles. The standard InChI is InChI=1S/C20H24O4.C12H18O2.C8H14O4/c1-16(21)18-7-11-20(12-8-18)24-14-4-3-13-23-19-9-5-17(6-10-19)15-22-2;1-12(2,3)10-8-9(13-4)6-7-11(10)14-5;1-9-5-3-11-8-6(10-2)4-12-7(5)8/h5-12H,3-4,13-15H2,1-2H3;6-8H,1-5H3;5-8H,3-4H2,1-2H3/t;;5-,6+,7-,8-/m..0/s1. The summed E-state index contributed by atoms with van der Waals surface area (Å²) >= 11 is 0. The SMILES string of the molecule is COCc1ccc(OCCCCOc2ccc(C(C)=O)cc2)cc1.CO[C@H]1CO[C@@H]2[C@H]1OC[C@H]2OC.COc1ccc(OC)c(C(C)(C)C)c1. The Labute approximate surface area is 298 Å². The molecule has 0 aromatic heterocycles. The van der Waals surface area contributed by atoms with Crippen molar-refractivity contribution in [2.45, 2.75) is 77.0 Å². The van der Waals surface area contributed by atoms with E-state index in [2.05, 4.69) is 20.8 Å². The van der Waals surface area contributed by atoms with Gasteiger partial charge in [-0.2, -0.15) is 0 Å². The van der Waals surface area contributed by atoms with Crippen LogP contribution >= 0.6 is 0 Å². The molecule has 4 atom stereocenters. The van der Waals surface area contributed by atoms with Gasteiger partial charge in [0.2, 0.25) is 0 Å². The lowest BCUT2D eigenvalue weighted by molar-refractivity contribution is -0.0267. The summed E-state index contributed by atoms with van der Waals surface area (Å²) in [6, 6.07) is 21.0. The highest BCUT2D eigenvalue weighted by molar-refractivity contribution is 5.94. The maximum atomic E-state index is 11.2. The third-order valence-electron chi connectivity index (χ3n) is 8.35. The first kappa shape index (κ1) is 40.8. The number of fused-ring (bicyclic) bond motifs is 1. The van der Waals surface area contributed by atoms with Crippen LogP contribution < -0.4 is 18.9 Å². The quantitative estimate of drug-likeness (QED) is 0.128. The van der Waals surface area contributed by atoms with E-state index in [-0.39, 0.29) is 35.6 Å². The zero-order valence-corrected chi connectivity index (χ0v) is 31.2. The predicted molar refractivity (Wildman–Crippen MR) is 193 cm³/mol. The molecule has 0 N–H and O–H groups in total. The first-order valence-corrected chi connectivity index (χ1v) is 17.0. The summed E-state index contributed by atoms with van der Waals surface area (Å²) in [6.07, 6.45) is 2.13. The molecule has 0 amide bonds. The lowest BCUT2D eigenvalue weighted by Gasteiger charge is -2.22. The van der Waals surface area contributed by atoms with Crippen LogP contribution in [0.3, 0.4) is 0 Å². The van der Waals surface area contributed by atoms with Gasteiger partial charge in [0.1, 0.15) is 47.4 Å². The molecule has 2 saturated heterocycles. The summed E-state index contributed by atoms with van der Waals surface area (Å²) in [6.45, 7) is 11.2. The van der Waals surface area contributed by atoms with Crippen LogP contribution in [0, 0.1) is 0 Å². The fraction of sp³-hybridized carbons (Fsp3) is 0.525. The van der Waals surface area contributed by atoms with E-state index in [1.807, 2.05) is 54.6 Å². The first-order valence-electron chi connectivity index (χ1n) is 17.0. The van der Waals surface area contributed by atoms with Gasteiger partial charge in [-0.25, -0.2) is 0 Å². The highest BCUT2D eigenvalue weighted by Crippen LogP contribution is 2.34. The van der Waals surface area contributed by atoms with Crippen molar-refractivity contribution in [3.05, 3.63) is 83.4 Å². The second-order valence-electron chi connectivity index (χ2n) is 13.0. The number of methoxy groups -OCH3 is 5. The number of rotatable bonds is 14. The van der Waals surface area contributed by atoms with E-state index in [0.29, 0.717) is 38.6 Å². The fourth-order valence-electron chi connectivity index (χ4n) is 5.45. The Hall–Kier alpha value is -3.67. The van der Waals surface area contributed by atoms with Crippen LogP contribution in [0.15, 0.2) is 66.7 Å². The highest BCUT2D eigenvalue weighted by Gasteiger charge is 2.48. The predicted octanol–water partition coefficient (Wildman–Crippen LogP) is 7.09. The third kappa shape index (κ3) is 12.6. The zero-order valence-electron chi connectivity index (χ0n) is 31.2. The zero-order chi connectivity index (χ0) is 36.5. The summed E-state index contributed by atoms with van der Waals surface area (Å²) in [5.41, 5.74) is 3.07. The van der Waals surface area contributed by atoms with Gasteiger partial charge in [-0.1, -0.05) is 32.9 Å². The molecule has 0 bridgehead atoms. The van der Waals surface area contributed by atoms with Gasteiger partial charge in [0.15, 0.2) is 5.78 Å². The summed E-state index contributed by atoms with van der Waals surface area (Å²) in [5, 5.41) is 0. The number of hydrogen-bond acceptors (Lipinski definition) is 10. The van der Waals surface area contributed by atoms with Gasteiger partial charge in [-0.3, -0.25) is 4.79 Å². The molecule has 0 saturated carbocycles. The molecule has 0 radical (unpaired) electrons. The van der Waals surface area contributed by atoms with Gasteiger partial charge in [0, 0.05) is 32.5 Å². The monoisotopic (exact) mass is 696 g/mol. The topological polar surface area (TPSA) is 100 Å². The van der Waals surface area contributed by atoms with Crippen LogP contribution in [-0.4, -0.2) is 92.2 Å². The second-order valence-corrected chi connectivity index (χ2v) is 13.0. The Morgan fingerprint density at radius 2 is 1.20 bits per heavy atom. The molecule has 2 aliphatic heterocycles. The Morgan fingerprint density at radius 1 is 0.700 bits per heavy atom. The minimum atomic E-state index is 0.0638. The molecular weight excluding hydrogens is 640 g/mol. The van der Waals surface area contributed by atoms with Crippen LogP contribution in [0.4, 0.5) is 0 Å². The Balaban J connectivity index is 0.000000220. The van der Waals surface area contributed by atoms with E-state index in [1.54, 1.807) is 54.6 Å². The van der Waals surface area contributed by atoms with E-state index in [1.165, 1.54) is 5.56 Å². The van der Waals surface area contributed by atoms with Crippen molar-refractivity contribution in [2.75, 3.05) is 62.0 Å². The molecule has 276 valence electrons. The molecule has 3 aromatic carbocycles. The number of ether oxygens (including phenoxy) is 9. The number of carbonyl (C=O) groups excluding carboxylic acids is 1. The van der Waals surface area contributed by atoms with Crippen molar-refractivity contribution in [3.63, 3.8) is 0 Å². The van der Waals surface area contributed by atoms with Gasteiger partial charge >= 0.3 is 0 Å². The molecule has 0 aliphatic carbocycles. The summed E-state index contributed by atoms with van der Waals surface area (Å²) in [4.78, 5) is 11.2. The summed E-state index contributed by atoms with van der Waals surface area (Å²) in [7, 11) is 8.41.